The Morgan fingerprint density at radius 3 is 2.95 bits per heavy atom. The van der Waals surface area contributed by atoms with Crippen molar-refractivity contribution in [3.05, 3.63) is 46.7 Å². The molecule has 6 heteroatoms. The third-order valence-electron chi connectivity index (χ3n) is 2.68. The number of aryl methyl sites for hydroxylation is 1. The van der Waals surface area contributed by atoms with Gasteiger partial charge in [0.2, 0.25) is 0 Å². The largest absolute Gasteiger partial charge is 0.389 e. The van der Waals surface area contributed by atoms with Crippen molar-refractivity contribution in [2.45, 2.75) is 13.5 Å². The molecule has 0 bridgehead atoms. The van der Waals surface area contributed by atoms with Gasteiger partial charge in [0.25, 0.3) is 0 Å². The van der Waals surface area contributed by atoms with Crippen molar-refractivity contribution in [2.24, 2.45) is 5.73 Å². The number of hydrogen-bond donors (Lipinski definition) is 2. The van der Waals surface area contributed by atoms with Crippen molar-refractivity contribution < 1.29 is 0 Å². The lowest BCUT2D eigenvalue weighted by Gasteiger charge is -2.12. The number of hydrogen-bond acceptors (Lipinski definition) is 3. The van der Waals surface area contributed by atoms with E-state index in [-0.39, 0.29) is 0 Å². The highest BCUT2D eigenvalue weighted by Crippen LogP contribution is 2.24. The quantitative estimate of drug-likeness (QED) is 0.832. The fraction of sp³-hybridized carbons (Fsp3) is 0.231. The van der Waals surface area contributed by atoms with Gasteiger partial charge in [0.05, 0.1) is 23.3 Å². The number of nitrogens with zero attached hydrogens (tertiary/aromatic N) is 2. The Kier molecular flexibility index (Phi) is 4.39. The first-order chi connectivity index (χ1) is 9.08. The maximum Gasteiger partial charge on any atom is 0.107 e. The van der Waals surface area contributed by atoms with Crippen LogP contribution in [0.4, 0.5) is 5.69 Å². The van der Waals surface area contributed by atoms with Gasteiger partial charge in [-0.1, -0.05) is 29.9 Å². The van der Waals surface area contributed by atoms with Gasteiger partial charge in [0, 0.05) is 18.4 Å². The van der Waals surface area contributed by atoms with Crippen molar-refractivity contribution in [3.63, 3.8) is 0 Å². The molecule has 0 aliphatic carbocycles. The normalized spacial score (nSPS) is 10.4. The SMILES string of the molecule is Cc1cnn(CCNc2cccc(Cl)c2C(N)=S)c1. The third-order valence-corrected chi connectivity index (χ3v) is 3.20. The Bertz CT molecular complexity index is 594. The first kappa shape index (κ1) is 13.8. The molecule has 0 radical (unpaired) electrons. The number of halogens is 1. The van der Waals surface area contributed by atoms with Crippen LogP contribution < -0.4 is 11.1 Å². The second-order valence-corrected chi connectivity index (χ2v) is 5.08. The highest BCUT2D eigenvalue weighted by Gasteiger charge is 2.09. The van der Waals surface area contributed by atoms with Gasteiger partial charge in [-0.25, -0.2) is 0 Å². The summed E-state index contributed by atoms with van der Waals surface area (Å²) in [5.74, 6) is 0. The Balaban J connectivity index is 2.03. The number of benzene rings is 1. The van der Waals surface area contributed by atoms with E-state index in [1.165, 1.54) is 0 Å². The molecular weight excluding hydrogens is 280 g/mol. The number of thiocarbonyl (C=S) groups is 1. The van der Waals surface area contributed by atoms with Gasteiger partial charge in [0.15, 0.2) is 0 Å². The summed E-state index contributed by atoms with van der Waals surface area (Å²) in [6.45, 7) is 3.49. The van der Waals surface area contributed by atoms with Gasteiger partial charge < -0.3 is 11.1 Å². The van der Waals surface area contributed by atoms with Crippen LogP contribution in [0, 0.1) is 6.92 Å². The molecule has 1 heterocycles. The van der Waals surface area contributed by atoms with E-state index < -0.39 is 0 Å². The van der Waals surface area contributed by atoms with Crippen LogP contribution >= 0.6 is 23.8 Å². The van der Waals surface area contributed by atoms with Crippen LogP contribution in [0.2, 0.25) is 5.02 Å². The minimum Gasteiger partial charge on any atom is -0.389 e. The number of nitrogens with two attached hydrogens (primary N) is 1. The first-order valence-corrected chi connectivity index (χ1v) is 6.68. The highest BCUT2D eigenvalue weighted by atomic mass is 35.5. The van der Waals surface area contributed by atoms with Crippen molar-refractivity contribution in [1.29, 1.82) is 0 Å². The average Bonchev–Trinajstić information content (AvgIpc) is 2.74. The van der Waals surface area contributed by atoms with Gasteiger partial charge in [0.1, 0.15) is 4.99 Å². The summed E-state index contributed by atoms with van der Waals surface area (Å²) < 4.78 is 1.88. The minimum atomic E-state index is 0.294. The Morgan fingerprint density at radius 2 is 2.32 bits per heavy atom. The van der Waals surface area contributed by atoms with Crippen LogP contribution in [-0.4, -0.2) is 21.3 Å². The topological polar surface area (TPSA) is 55.9 Å². The molecular formula is C13H15ClN4S. The lowest BCUT2D eigenvalue weighted by molar-refractivity contribution is 0.637. The van der Waals surface area contributed by atoms with Crippen LogP contribution in [0.3, 0.4) is 0 Å². The molecule has 0 saturated heterocycles. The Labute approximate surface area is 122 Å². The second-order valence-electron chi connectivity index (χ2n) is 4.23. The molecule has 2 rings (SSSR count). The van der Waals surface area contributed by atoms with Gasteiger partial charge in [-0.15, -0.1) is 0 Å². The molecule has 0 saturated carbocycles. The summed E-state index contributed by atoms with van der Waals surface area (Å²) in [5.41, 5.74) is 8.38. The zero-order chi connectivity index (χ0) is 13.8. The molecule has 0 aliphatic rings. The molecule has 1 aromatic heterocycles. The van der Waals surface area contributed by atoms with Gasteiger partial charge in [-0.05, 0) is 24.6 Å². The number of anilines is 1. The fourth-order valence-electron chi connectivity index (χ4n) is 1.82. The summed E-state index contributed by atoms with van der Waals surface area (Å²) in [6.07, 6.45) is 3.83. The van der Waals surface area contributed by atoms with E-state index in [0.717, 1.165) is 24.3 Å². The van der Waals surface area contributed by atoms with Crippen LogP contribution in [0.25, 0.3) is 0 Å². The molecule has 19 heavy (non-hydrogen) atoms. The van der Waals surface area contributed by atoms with Crippen molar-refractivity contribution in [1.82, 2.24) is 9.78 Å². The average molecular weight is 295 g/mol. The Morgan fingerprint density at radius 1 is 1.53 bits per heavy atom. The van der Waals surface area contributed by atoms with Crippen LogP contribution in [-0.2, 0) is 6.54 Å². The molecule has 100 valence electrons. The standard InChI is InChI=1S/C13H15ClN4S/c1-9-7-17-18(8-9)6-5-16-11-4-2-3-10(14)12(11)13(15)19/h2-4,7-8,16H,5-6H2,1H3,(H2,15,19). The number of rotatable bonds is 5. The lowest BCUT2D eigenvalue weighted by Crippen LogP contribution is -2.16. The van der Waals surface area contributed by atoms with E-state index in [9.17, 15) is 0 Å². The van der Waals surface area contributed by atoms with Crippen molar-refractivity contribution >= 4 is 34.5 Å². The van der Waals surface area contributed by atoms with E-state index in [1.54, 1.807) is 6.07 Å². The minimum absolute atomic E-state index is 0.294. The molecule has 3 N–H and O–H groups in total. The summed E-state index contributed by atoms with van der Waals surface area (Å²) >= 11 is 11.1. The monoisotopic (exact) mass is 294 g/mol. The van der Waals surface area contributed by atoms with Gasteiger partial charge >= 0.3 is 0 Å². The van der Waals surface area contributed by atoms with E-state index >= 15 is 0 Å². The molecule has 4 nitrogen and oxygen atoms in total. The van der Waals surface area contributed by atoms with Gasteiger partial charge in [-0.3, -0.25) is 4.68 Å². The molecule has 1 aromatic carbocycles. The summed E-state index contributed by atoms with van der Waals surface area (Å²) in [5, 5.41) is 8.07. The van der Waals surface area contributed by atoms with E-state index in [4.69, 9.17) is 29.6 Å². The molecule has 2 aromatic rings. The van der Waals surface area contributed by atoms with Crippen LogP contribution in [0.1, 0.15) is 11.1 Å². The molecule has 0 amide bonds. The summed E-state index contributed by atoms with van der Waals surface area (Å²) in [4.78, 5) is 0.294. The maximum absolute atomic E-state index is 6.10. The number of nitrogens with one attached hydrogen (secondary N) is 1. The molecule has 0 spiro atoms. The summed E-state index contributed by atoms with van der Waals surface area (Å²) in [6, 6.07) is 5.55. The zero-order valence-electron chi connectivity index (χ0n) is 10.6. The van der Waals surface area contributed by atoms with E-state index in [2.05, 4.69) is 10.4 Å². The van der Waals surface area contributed by atoms with Gasteiger partial charge in [-0.2, -0.15) is 5.10 Å². The van der Waals surface area contributed by atoms with Crippen molar-refractivity contribution in [3.8, 4) is 0 Å². The molecule has 0 fully saturated rings. The predicted octanol–water partition coefficient (Wildman–Crippen LogP) is 2.59. The van der Waals surface area contributed by atoms with Crippen molar-refractivity contribution in [2.75, 3.05) is 11.9 Å². The Hall–Kier alpha value is -1.59. The lowest BCUT2D eigenvalue weighted by atomic mass is 10.1. The van der Waals surface area contributed by atoms with E-state index in [1.807, 2.05) is 36.1 Å². The zero-order valence-corrected chi connectivity index (χ0v) is 12.1. The number of aromatic nitrogens is 2. The van der Waals surface area contributed by atoms with E-state index in [0.29, 0.717) is 15.6 Å². The highest BCUT2D eigenvalue weighted by molar-refractivity contribution is 7.80. The maximum atomic E-state index is 6.10. The van der Waals surface area contributed by atoms with Crippen LogP contribution in [0.5, 0.6) is 0 Å². The summed E-state index contributed by atoms with van der Waals surface area (Å²) in [7, 11) is 0. The fourth-order valence-corrected chi connectivity index (χ4v) is 2.37. The first-order valence-electron chi connectivity index (χ1n) is 5.89. The third kappa shape index (κ3) is 3.45. The second kappa shape index (κ2) is 6.04. The van der Waals surface area contributed by atoms with Crippen LogP contribution in [0.15, 0.2) is 30.6 Å². The molecule has 0 atom stereocenters. The predicted molar refractivity (Wildman–Crippen MR) is 82.8 cm³/mol. The smallest absolute Gasteiger partial charge is 0.107 e. The molecule has 0 aliphatic heterocycles. The molecule has 0 unspecified atom stereocenters.